The quantitative estimate of drug-likeness (QED) is 0.877. The molecular weight excluding hydrogens is 292 g/mol. The summed E-state index contributed by atoms with van der Waals surface area (Å²) in [5, 5.41) is 5.78. The van der Waals surface area contributed by atoms with E-state index in [4.69, 9.17) is 4.74 Å². The zero-order valence-corrected chi connectivity index (χ0v) is 14.1. The van der Waals surface area contributed by atoms with Gasteiger partial charge >= 0.3 is 0 Å². The lowest BCUT2D eigenvalue weighted by molar-refractivity contribution is -0.118. The minimum Gasteiger partial charge on any atom is -0.381 e. The van der Waals surface area contributed by atoms with Gasteiger partial charge in [0.2, 0.25) is 5.91 Å². The van der Waals surface area contributed by atoms with Crippen molar-refractivity contribution >= 4 is 17.5 Å². The molecule has 1 aromatic carbocycles. The number of carbonyl (C=O) groups excluding carboxylic acids is 2. The fraction of sp³-hybridized carbons (Fsp3) is 0.556. The summed E-state index contributed by atoms with van der Waals surface area (Å²) in [6, 6.07) is 5.47. The molecule has 1 fully saturated rings. The zero-order chi connectivity index (χ0) is 16.8. The maximum atomic E-state index is 12.1. The lowest BCUT2D eigenvalue weighted by Crippen LogP contribution is -2.30. The molecule has 5 nitrogen and oxygen atoms in total. The van der Waals surface area contributed by atoms with E-state index in [-0.39, 0.29) is 17.9 Å². The average Bonchev–Trinajstić information content (AvgIpc) is 2.47. The first kappa shape index (κ1) is 17.5. The number of carbonyl (C=O) groups is 2. The van der Waals surface area contributed by atoms with E-state index in [2.05, 4.69) is 10.6 Å². The van der Waals surface area contributed by atoms with Crippen LogP contribution in [0.3, 0.4) is 0 Å². The highest BCUT2D eigenvalue weighted by atomic mass is 16.5. The van der Waals surface area contributed by atoms with Gasteiger partial charge in [0.05, 0.1) is 0 Å². The molecule has 1 atom stereocenters. The third kappa shape index (κ3) is 5.36. The zero-order valence-electron chi connectivity index (χ0n) is 14.1. The smallest absolute Gasteiger partial charge is 0.251 e. The number of amides is 2. The number of ether oxygens (including phenoxy) is 1. The van der Waals surface area contributed by atoms with Crippen LogP contribution in [0.4, 0.5) is 5.69 Å². The molecule has 1 saturated heterocycles. The number of aryl methyl sites for hydroxylation is 1. The van der Waals surface area contributed by atoms with Crippen LogP contribution in [0.15, 0.2) is 18.2 Å². The summed E-state index contributed by atoms with van der Waals surface area (Å²) in [6.45, 7) is 7.20. The summed E-state index contributed by atoms with van der Waals surface area (Å²) >= 11 is 0. The third-order valence-electron chi connectivity index (χ3n) is 3.90. The molecule has 0 aromatic heterocycles. The van der Waals surface area contributed by atoms with E-state index in [1.54, 1.807) is 12.1 Å². The fourth-order valence-corrected chi connectivity index (χ4v) is 2.78. The van der Waals surface area contributed by atoms with Gasteiger partial charge in [0.15, 0.2) is 0 Å². The number of anilines is 1. The van der Waals surface area contributed by atoms with E-state index >= 15 is 0 Å². The van der Waals surface area contributed by atoms with Crippen molar-refractivity contribution in [2.45, 2.75) is 46.1 Å². The van der Waals surface area contributed by atoms with E-state index in [1.807, 2.05) is 26.8 Å². The van der Waals surface area contributed by atoms with Crippen LogP contribution in [-0.4, -0.2) is 31.1 Å². The number of hydrogen-bond acceptors (Lipinski definition) is 3. The Kier molecular flexibility index (Phi) is 6.16. The second-order valence-electron chi connectivity index (χ2n) is 6.49. The monoisotopic (exact) mass is 318 g/mol. The highest BCUT2D eigenvalue weighted by molar-refractivity contribution is 5.97. The van der Waals surface area contributed by atoms with Gasteiger partial charge in [0, 0.05) is 36.9 Å². The summed E-state index contributed by atoms with van der Waals surface area (Å²) in [5.41, 5.74) is 2.21. The van der Waals surface area contributed by atoms with Crippen molar-refractivity contribution in [3.63, 3.8) is 0 Å². The van der Waals surface area contributed by atoms with Gasteiger partial charge in [-0.15, -0.1) is 0 Å². The Balaban J connectivity index is 1.94. The summed E-state index contributed by atoms with van der Waals surface area (Å²) < 4.78 is 5.40. The van der Waals surface area contributed by atoms with E-state index < -0.39 is 0 Å². The van der Waals surface area contributed by atoms with E-state index in [0.29, 0.717) is 24.5 Å². The Morgan fingerprint density at radius 3 is 2.74 bits per heavy atom. The van der Waals surface area contributed by atoms with Gasteiger partial charge in [-0.1, -0.05) is 0 Å². The summed E-state index contributed by atoms with van der Waals surface area (Å²) in [6.07, 6.45) is 2.55. The van der Waals surface area contributed by atoms with Crippen molar-refractivity contribution < 1.29 is 14.3 Å². The molecule has 0 radical (unpaired) electrons. The first-order chi connectivity index (χ1) is 11.0. The van der Waals surface area contributed by atoms with Crippen LogP contribution in [-0.2, 0) is 9.53 Å². The molecule has 2 N–H and O–H groups in total. The molecule has 126 valence electrons. The molecule has 0 aliphatic carbocycles. The van der Waals surface area contributed by atoms with Gasteiger partial charge in [0.1, 0.15) is 0 Å². The minimum absolute atomic E-state index is 0.000665. The Hall–Kier alpha value is -1.88. The molecule has 23 heavy (non-hydrogen) atoms. The SMILES string of the molecule is Cc1cc(NC(=O)CC2CCCOC2)ccc1C(=O)NC(C)C. The Labute approximate surface area is 137 Å². The molecule has 1 heterocycles. The van der Waals surface area contributed by atoms with Gasteiger partial charge in [-0.3, -0.25) is 9.59 Å². The van der Waals surface area contributed by atoms with Crippen LogP contribution in [0, 0.1) is 12.8 Å². The van der Waals surface area contributed by atoms with Gasteiger partial charge < -0.3 is 15.4 Å². The van der Waals surface area contributed by atoms with Crippen LogP contribution < -0.4 is 10.6 Å². The van der Waals surface area contributed by atoms with Gasteiger partial charge in [-0.25, -0.2) is 0 Å². The van der Waals surface area contributed by atoms with Crippen LogP contribution in [0.2, 0.25) is 0 Å². The largest absolute Gasteiger partial charge is 0.381 e. The molecule has 1 aromatic rings. The molecule has 2 amide bonds. The molecule has 0 saturated carbocycles. The van der Waals surface area contributed by atoms with Crippen molar-refractivity contribution in [2.24, 2.45) is 5.92 Å². The molecule has 5 heteroatoms. The van der Waals surface area contributed by atoms with Gasteiger partial charge in [0.25, 0.3) is 5.91 Å². The maximum absolute atomic E-state index is 12.1. The van der Waals surface area contributed by atoms with Crippen molar-refractivity contribution in [1.29, 1.82) is 0 Å². The fourth-order valence-electron chi connectivity index (χ4n) is 2.78. The lowest BCUT2D eigenvalue weighted by atomic mass is 9.98. The number of hydrogen-bond donors (Lipinski definition) is 2. The molecule has 1 aliphatic rings. The van der Waals surface area contributed by atoms with E-state index in [0.717, 1.165) is 30.7 Å². The molecular formula is C18H26N2O3. The maximum Gasteiger partial charge on any atom is 0.251 e. The molecule has 1 aliphatic heterocycles. The minimum atomic E-state index is -0.0882. The van der Waals surface area contributed by atoms with Crippen molar-refractivity contribution in [3.8, 4) is 0 Å². The molecule has 0 spiro atoms. The second-order valence-corrected chi connectivity index (χ2v) is 6.49. The summed E-state index contributed by atoms with van der Waals surface area (Å²) in [4.78, 5) is 24.2. The van der Waals surface area contributed by atoms with E-state index in [1.165, 1.54) is 0 Å². The number of rotatable bonds is 5. The van der Waals surface area contributed by atoms with Crippen molar-refractivity contribution in [3.05, 3.63) is 29.3 Å². The topological polar surface area (TPSA) is 67.4 Å². The van der Waals surface area contributed by atoms with Crippen LogP contribution in [0.1, 0.15) is 49.0 Å². The van der Waals surface area contributed by atoms with Crippen molar-refractivity contribution in [1.82, 2.24) is 5.32 Å². The average molecular weight is 318 g/mol. The second kappa shape index (κ2) is 8.11. The predicted octanol–water partition coefficient (Wildman–Crippen LogP) is 2.89. The molecule has 2 rings (SSSR count). The Morgan fingerprint density at radius 1 is 1.35 bits per heavy atom. The molecule has 1 unspecified atom stereocenters. The van der Waals surface area contributed by atoms with Crippen molar-refractivity contribution in [2.75, 3.05) is 18.5 Å². The predicted molar refractivity (Wildman–Crippen MR) is 90.6 cm³/mol. The highest BCUT2D eigenvalue weighted by Gasteiger charge is 2.18. The third-order valence-corrected chi connectivity index (χ3v) is 3.90. The normalized spacial score (nSPS) is 17.8. The van der Waals surface area contributed by atoms with Crippen LogP contribution in [0.25, 0.3) is 0 Å². The summed E-state index contributed by atoms with van der Waals surface area (Å²) in [7, 11) is 0. The van der Waals surface area contributed by atoms with Gasteiger partial charge in [-0.05, 0) is 63.3 Å². The molecule has 0 bridgehead atoms. The number of benzene rings is 1. The number of nitrogens with one attached hydrogen (secondary N) is 2. The lowest BCUT2D eigenvalue weighted by Gasteiger charge is -2.21. The standard InChI is InChI=1S/C18H26N2O3/c1-12(2)19-18(22)16-7-6-15(9-13(16)3)20-17(21)10-14-5-4-8-23-11-14/h6-7,9,12,14H,4-5,8,10-11H2,1-3H3,(H,19,22)(H,20,21). The Bertz CT molecular complexity index is 563. The van der Waals surface area contributed by atoms with E-state index in [9.17, 15) is 9.59 Å². The highest BCUT2D eigenvalue weighted by Crippen LogP contribution is 2.19. The summed E-state index contributed by atoms with van der Waals surface area (Å²) in [5.74, 6) is 0.218. The first-order valence-corrected chi connectivity index (χ1v) is 8.25. The van der Waals surface area contributed by atoms with Crippen LogP contribution >= 0.6 is 0 Å². The van der Waals surface area contributed by atoms with Gasteiger partial charge in [-0.2, -0.15) is 0 Å². The first-order valence-electron chi connectivity index (χ1n) is 8.25. The van der Waals surface area contributed by atoms with Crippen LogP contribution in [0.5, 0.6) is 0 Å². The Morgan fingerprint density at radius 2 is 2.13 bits per heavy atom.